The fraction of sp³-hybridized carbons (Fsp3) is 0.320. The Balaban J connectivity index is 1.50. The molecule has 1 fully saturated rings. The first-order chi connectivity index (χ1) is 15.6. The monoisotopic (exact) mass is 431 g/mol. The summed E-state index contributed by atoms with van der Waals surface area (Å²) < 4.78 is 5.21. The smallest absolute Gasteiger partial charge is 0.227 e. The number of likely N-dealkylation sites (N-methyl/N-ethyl adjacent to an activating group) is 1. The van der Waals surface area contributed by atoms with Crippen LogP contribution in [0.3, 0.4) is 0 Å². The number of aromatic nitrogens is 2. The molecule has 0 radical (unpaired) electrons. The van der Waals surface area contributed by atoms with Gasteiger partial charge in [-0.25, -0.2) is 9.97 Å². The van der Waals surface area contributed by atoms with Gasteiger partial charge in [0, 0.05) is 49.7 Å². The molecule has 7 nitrogen and oxygen atoms in total. The van der Waals surface area contributed by atoms with Crippen molar-refractivity contribution in [3.63, 3.8) is 0 Å². The second-order valence-corrected chi connectivity index (χ2v) is 7.99. The van der Waals surface area contributed by atoms with Crippen molar-refractivity contribution < 1.29 is 9.53 Å². The maximum absolute atomic E-state index is 12.5. The molecule has 1 saturated heterocycles. The molecule has 1 unspecified atom stereocenters. The number of piperazine rings is 1. The molecule has 0 spiro atoms. The molecule has 1 aliphatic rings. The zero-order chi connectivity index (χ0) is 22.5. The Morgan fingerprint density at radius 1 is 1.09 bits per heavy atom. The van der Waals surface area contributed by atoms with Gasteiger partial charge in [-0.3, -0.25) is 4.79 Å². The molecule has 1 amide bonds. The Kier molecular flexibility index (Phi) is 6.66. The topological polar surface area (TPSA) is 70.6 Å². The van der Waals surface area contributed by atoms with Crippen molar-refractivity contribution in [1.82, 2.24) is 19.8 Å². The molecule has 7 heteroatoms. The van der Waals surface area contributed by atoms with E-state index in [1.54, 1.807) is 19.5 Å². The molecule has 166 valence electrons. The van der Waals surface area contributed by atoms with Crippen molar-refractivity contribution >= 4 is 17.5 Å². The highest BCUT2D eigenvalue weighted by Gasteiger charge is 2.29. The van der Waals surface area contributed by atoms with E-state index < -0.39 is 0 Å². The number of carbonyl (C=O) groups excluding carboxylic acids is 1. The Morgan fingerprint density at radius 3 is 2.53 bits per heavy atom. The molecule has 32 heavy (non-hydrogen) atoms. The van der Waals surface area contributed by atoms with Crippen LogP contribution in [0, 0.1) is 0 Å². The highest BCUT2D eigenvalue weighted by molar-refractivity contribution is 5.76. The third-order valence-electron chi connectivity index (χ3n) is 5.81. The van der Waals surface area contributed by atoms with Gasteiger partial charge in [0.15, 0.2) is 0 Å². The molecular formula is C25H29N5O2. The summed E-state index contributed by atoms with van der Waals surface area (Å²) in [7, 11) is 3.75. The van der Waals surface area contributed by atoms with Crippen molar-refractivity contribution in [3.8, 4) is 16.9 Å². The molecule has 1 N–H and O–H groups in total. The molecule has 1 aliphatic heterocycles. The predicted molar refractivity (Wildman–Crippen MR) is 126 cm³/mol. The van der Waals surface area contributed by atoms with Gasteiger partial charge in [0.1, 0.15) is 5.75 Å². The van der Waals surface area contributed by atoms with Crippen LogP contribution in [0.2, 0.25) is 0 Å². The zero-order valence-electron chi connectivity index (χ0n) is 18.8. The van der Waals surface area contributed by atoms with E-state index in [9.17, 15) is 4.79 Å². The number of nitrogens with zero attached hydrogens (tertiary/aromatic N) is 4. The molecule has 2 heterocycles. The summed E-state index contributed by atoms with van der Waals surface area (Å²) in [5.41, 5.74) is 3.97. The van der Waals surface area contributed by atoms with Crippen LogP contribution < -0.4 is 10.1 Å². The van der Waals surface area contributed by atoms with Gasteiger partial charge in [-0.2, -0.15) is 0 Å². The molecule has 0 bridgehead atoms. The number of nitrogens with one attached hydrogen (secondary N) is 1. The number of amides is 1. The lowest BCUT2D eigenvalue weighted by atomic mass is 10.0. The highest BCUT2D eigenvalue weighted by Crippen LogP contribution is 2.28. The van der Waals surface area contributed by atoms with Crippen molar-refractivity contribution in [3.05, 3.63) is 66.5 Å². The molecule has 0 saturated carbocycles. The van der Waals surface area contributed by atoms with E-state index in [0.29, 0.717) is 12.4 Å². The van der Waals surface area contributed by atoms with Gasteiger partial charge in [-0.1, -0.05) is 31.2 Å². The van der Waals surface area contributed by atoms with E-state index in [-0.39, 0.29) is 11.9 Å². The molecule has 1 atom stereocenters. The lowest BCUT2D eigenvalue weighted by Crippen LogP contribution is -2.49. The fourth-order valence-electron chi connectivity index (χ4n) is 3.98. The van der Waals surface area contributed by atoms with E-state index in [4.69, 9.17) is 4.74 Å². The Morgan fingerprint density at radius 2 is 1.84 bits per heavy atom. The summed E-state index contributed by atoms with van der Waals surface area (Å²) in [6, 6.07) is 16.0. The summed E-state index contributed by atoms with van der Waals surface area (Å²) in [6.45, 7) is 4.39. The first kappa shape index (κ1) is 21.8. The Labute approximate surface area is 189 Å². The first-order valence-electron chi connectivity index (χ1n) is 10.9. The number of rotatable bonds is 6. The number of anilines is 2. The summed E-state index contributed by atoms with van der Waals surface area (Å²) in [6.07, 6.45) is 4.13. The largest absolute Gasteiger partial charge is 0.497 e. The minimum atomic E-state index is 0.0429. The van der Waals surface area contributed by atoms with Gasteiger partial charge in [-0.15, -0.1) is 0 Å². The molecule has 0 aliphatic carbocycles. The van der Waals surface area contributed by atoms with E-state index in [2.05, 4.69) is 39.4 Å². The van der Waals surface area contributed by atoms with Crippen molar-refractivity contribution in [2.45, 2.75) is 19.4 Å². The second-order valence-electron chi connectivity index (χ2n) is 7.99. The van der Waals surface area contributed by atoms with Crippen LogP contribution in [0.15, 0.2) is 60.9 Å². The van der Waals surface area contributed by atoms with Crippen LogP contribution in [0.1, 0.15) is 24.9 Å². The number of carbonyl (C=O) groups is 1. The number of hydrogen-bond donors (Lipinski definition) is 1. The third-order valence-corrected chi connectivity index (χ3v) is 5.81. The van der Waals surface area contributed by atoms with Crippen LogP contribution in [0.25, 0.3) is 11.1 Å². The third kappa shape index (κ3) is 4.89. The summed E-state index contributed by atoms with van der Waals surface area (Å²) >= 11 is 0. The Hall–Kier alpha value is -3.45. The fourth-order valence-corrected chi connectivity index (χ4v) is 3.98. The van der Waals surface area contributed by atoms with E-state index in [1.807, 2.05) is 48.2 Å². The van der Waals surface area contributed by atoms with Crippen LogP contribution in [0.4, 0.5) is 11.6 Å². The van der Waals surface area contributed by atoms with Crippen molar-refractivity contribution in [2.24, 2.45) is 0 Å². The molecule has 4 rings (SSSR count). The number of benzene rings is 2. The number of ether oxygens (including phenoxy) is 1. The van der Waals surface area contributed by atoms with Gasteiger partial charge >= 0.3 is 0 Å². The van der Waals surface area contributed by atoms with Gasteiger partial charge in [0.05, 0.1) is 13.2 Å². The normalized spacial score (nSPS) is 16.6. The van der Waals surface area contributed by atoms with Crippen molar-refractivity contribution in [1.29, 1.82) is 0 Å². The van der Waals surface area contributed by atoms with Crippen LogP contribution in [-0.2, 0) is 4.79 Å². The maximum atomic E-state index is 12.5. The second kappa shape index (κ2) is 9.78. The average molecular weight is 432 g/mol. The van der Waals surface area contributed by atoms with Crippen LogP contribution in [-0.4, -0.2) is 59.5 Å². The maximum Gasteiger partial charge on any atom is 0.227 e. The summed E-state index contributed by atoms with van der Waals surface area (Å²) in [5, 5.41) is 3.29. The molecule has 2 aromatic carbocycles. The summed E-state index contributed by atoms with van der Waals surface area (Å²) in [5.74, 6) is 1.54. The van der Waals surface area contributed by atoms with E-state index in [1.165, 1.54) is 0 Å². The Bertz CT molecular complexity index is 1050. The van der Waals surface area contributed by atoms with Crippen LogP contribution >= 0.6 is 0 Å². The van der Waals surface area contributed by atoms with Crippen LogP contribution in [0.5, 0.6) is 5.75 Å². The lowest BCUT2D eigenvalue weighted by Gasteiger charge is -2.40. The average Bonchev–Trinajstić information content (AvgIpc) is 2.84. The van der Waals surface area contributed by atoms with Gasteiger partial charge < -0.3 is 19.9 Å². The van der Waals surface area contributed by atoms with Crippen molar-refractivity contribution in [2.75, 3.05) is 39.1 Å². The number of hydrogen-bond acceptors (Lipinski definition) is 6. The van der Waals surface area contributed by atoms with Gasteiger partial charge in [0.2, 0.25) is 11.9 Å². The number of methoxy groups -OCH3 is 1. The SMILES string of the molecule is CCC(=O)N1CCN(C)CC1c1cccc(Nc2ncc(-c3ccc(OC)cc3)cn2)c1. The minimum absolute atomic E-state index is 0.0429. The molecule has 1 aromatic heterocycles. The van der Waals surface area contributed by atoms with Gasteiger partial charge in [-0.05, 0) is 42.4 Å². The van der Waals surface area contributed by atoms with Gasteiger partial charge in [0.25, 0.3) is 0 Å². The lowest BCUT2D eigenvalue weighted by molar-refractivity contribution is -0.135. The molecule has 3 aromatic rings. The summed E-state index contributed by atoms with van der Waals surface area (Å²) in [4.78, 5) is 25.7. The zero-order valence-corrected chi connectivity index (χ0v) is 18.8. The molecular weight excluding hydrogens is 402 g/mol. The van der Waals surface area contributed by atoms with E-state index >= 15 is 0 Å². The standard InChI is InChI=1S/C25H29N5O2/c1-4-24(31)30-13-12-29(2)17-23(30)19-6-5-7-21(14-19)28-25-26-15-20(16-27-25)18-8-10-22(32-3)11-9-18/h5-11,14-16,23H,4,12-13,17H2,1-3H3,(H,26,27,28). The minimum Gasteiger partial charge on any atom is -0.497 e. The van der Waals surface area contributed by atoms with E-state index in [0.717, 1.165) is 47.8 Å². The first-order valence-corrected chi connectivity index (χ1v) is 10.9. The predicted octanol–water partition coefficient (Wildman–Crippen LogP) is 4.12. The quantitative estimate of drug-likeness (QED) is 0.633. The highest BCUT2D eigenvalue weighted by atomic mass is 16.5.